The summed E-state index contributed by atoms with van der Waals surface area (Å²) in [7, 11) is 1.61. The van der Waals surface area contributed by atoms with E-state index in [-0.39, 0.29) is 5.91 Å². The number of nitrogens with zero attached hydrogens (tertiary/aromatic N) is 2. The van der Waals surface area contributed by atoms with Gasteiger partial charge in [0.15, 0.2) is 0 Å². The number of carbonyl (C=O) groups excluding carboxylic acids is 1. The van der Waals surface area contributed by atoms with Crippen LogP contribution in [0, 0.1) is 6.92 Å². The van der Waals surface area contributed by atoms with Gasteiger partial charge in [-0.2, -0.15) is 0 Å². The number of ether oxygens (including phenoxy) is 1. The van der Waals surface area contributed by atoms with E-state index in [9.17, 15) is 4.79 Å². The van der Waals surface area contributed by atoms with E-state index in [4.69, 9.17) is 16.3 Å². The molecular weight excluding hydrogens is 290 g/mol. The van der Waals surface area contributed by atoms with Crippen molar-refractivity contribution in [2.45, 2.75) is 25.8 Å². The van der Waals surface area contributed by atoms with Crippen molar-refractivity contribution < 1.29 is 9.53 Å². The van der Waals surface area contributed by atoms with Gasteiger partial charge in [0.25, 0.3) is 0 Å². The lowest BCUT2D eigenvalue weighted by molar-refractivity contribution is -0.121. The fraction of sp³-hybridized carbons (Fsp3) is 0.467. The Hall–Kier alpha value is -1.59. The maximum absolute atomic E-state index is 11.8. The van der Waals surface area contributed by atoms with Crippen LogP contribution in [0.1, 0.15) is 17.8 Å². The zero-order chi connectivity index (χ0) is 15.2. The van der Waals surface area contributed by atoms with Crippen molar-refractivity contribution in [2.75, 3.05) is 20.3 Å². The predicted octanol–water partition coefficient (Wildman–Crippen LogP) is 2.24. The number of hydrogen-bond acceptors (Lipinski definition) is 3. The summed E-state index contributed by atoms with van der Waals surface area (Å²) in [6, 6.07) is 6.02. The summed E-state index contributed by atoms with van der Waals surface area (Å²) in [6.45, 7) is 3.64. The third-order valence-corrected chi connectivity index (χ3v) is 3.61. The van der Waals surface area contributed by atoms with Crippen LogP contribution in [0.25, 0.3) is 11.0 Å². The van der Waals surface area contributed by atoms with Gasteiger partial charge in [-0.15, -0.1) is 11.6 Å². The number of methoxy groups -OCH3 is 1. The molecule has 1 N–H and O–H groups in total. The van der Waals surface area contributed by atoms with Gasteiger partial charge in [0.05, 0.1) is 23.5 Å². The molecule has 5 nitrogen and oxygen atoms in total. The first-order valence-corrected chi connectivity index (χ1v) is 7.47. The van der Waals surface area contributed by atoms with Gasteiger partial charge in [0.1, 0.15) is 5.82 Å². The number of alkyl halides is 1. The molecule has 0 fully saturated rings. The van der Waals surface area contributed by atoms with Crippen LogP contribution >= 0.6 is 11.6 Å². The number of rotatable bonds is 7. The van der Waals surface area contributed by atoms with Crippen molar-refractivity contribution >= 4 is 28.5 Å². The molecule has 0 aliphatic carbocycles. The van der Waals surface area contributed by atoms with Crippen LogP contribution in [-0.4, -0.2) is 35.7 Å². The fourth-order valence-electron chi connectivity index (χ4n) is 2.28. The fourth-order valence-corrected chi connectivity index (χ4v) is 2.49. The molecule has 0 radical (unpaired) electrons. The third-order valence-electron chi connectivity index (χ3n) is 3.37. The van der Waals surface area contributed by atoms with Crippen molar-refractivity contribution in [1.82, 2.24) is 14.9 Å². The van der Waals surface area contributed by atoms with Crippen molar-refractivity contribution in [3.05, 3.63) is 29.6 Å². The van der Waals surface area contributed by atoms with E-state index in [2.05, 4.69) is 10.3 Å². The van der Waals surface area contributed by atoms with E-state index >= 15 is 0 Å². The zero-order valence-electron chi connectivity index (χ0n) is 12.4. The number of fused-ring (bicyclic) bond motifs is 1. The van der Waals surface area contributed by atoms with Gasteiger partial charge in [-0.25, -0.2) is 4.98 Å². The highest BCUT2D eigenvalue weighted by Gasteiger charge is 2.12. The van der Waals surface area contributed by atoms with Crippen LogP contribution in [0.5, 0.6) is 0 Å². The Balaban J connectivity index is 2.10. The quantitative estimate of drug-likeness (QED) is 0.630. The molecule has 1 amide bonds. The monoisotopic (exact) mass is 309 g/mol. The average Bonchev–Trinajstić information content (AvgIpc) is 2.85. The zero-order valence-corrected chi connectivity index (χ0v) is 13.1. The van der Waals surface area contributed by atoms with Crippen LogP contribution in [0.4, 0.5) is 0 Å². The number of imidazole rings is 1. The molecule has 0 unspecified atom stereocenters. The van der Waals surface area contributed by atoms with Crippen molar-refractivity contribution in [1.29, 1.82) is 0 Å². The Morgan fingerprint density at radius 2 is 2.29 bits per heavy atom. The minimum atomic E-state index is 0.00192. The molecule has 21 heavy (non-hydrogen) atoms. The molecule has 0 saturated heterocycles. The molecule has 2 rings (SSSR count). The highest BCUT2D eigenvalue weighted by atomic mass is 35.5. The maximum Gasteiger partial charge on any atom is 0.221 e. The maximum atomic E-state index is 11.8. The number of para-hydroxylation sites is 1. The molecule has 1 aromatic heterocycles. The first-order chi connectivity index (χ1) is 10.2. The van der Waals surface area contributed by atoms with E-state index in [0.29, 0.717) is 32.0 Å². The van der Waals surface area contributed by atoms with E-state index in [1.807, 2.05) is 29.7 Å². The van der Waals surface area contributed by atoms with E-state index in [1.54, 1.807) is 7.11 Å². The van der Waals surface area contributed by atoms with Crippen molar-refractivity contribution in [3.8, 4) is 0 Å². The Bertz CT molecular complexity index is 625. The van der Waals surface area contributed by atoms with Crippen LogP contribution < -0.4 is 5.32 Å². The largest absolute Gasteiger partial charge is 0.383 e. The Morgan fingerprint density at radius 1 is 1.48 bits per heavy atom. The molecule has 0 aliphatic rings. The van der Waals surface area contributed by atoms with Crippen molar-refractivity contribution in [3.63, 3.8) is 0 Å². The second-order valence-corrected chi connectivity index (χ2v) is 5.12. The number of aryl methyl sites for hydroxylation is 2. The van der Waals surface area contributed by atoms with Crippen LogP contribution in [0.3, 0.4) is 0 Å². The van der Waals surface area contributed by atoms with E-state index < -0.39 is 0 Å². The summed E-state index contributed by atoms with van der Waals surface area (Å²) in [6.07, 6.45) is 0.396. The lowest BCUT2D eigenvalue weighted by Gasteiger charge is -2.08. The molecule has 0 atom stereocenters. The second kappa shape index (κ2) is 7.43. The predicted molar refractivity (Wildman–Crippen MR) is 83.5 cm³/mol. The highest BCUT2D eigenvalue weighted by Crippen LogP contribution is 2.21. The number of aromatic nitrogens is 2. The highest BCUT2D eigenvalue weighted by molar-refractivity contribution is 6.16. The van der Waals surface area contributed by atoms with Crippen LogP contribution in [-0.2, 0) is 22.0 Å². The van der Waals surface area contributed by atoms with Gasteiger partial charge in [0, 0.05) is 26.6 Å². The molecular formula is C15H20ClN3O2. The molecule has 0 aliphatic heterocycles. The summed E-state index contributed by atoms with van der Waals surface area (Å²) < 4.78 is 6.92. The topological polar surface area (TPSA) is 56.1 Å². The van der Waals surface area contributed by atoms with Crippen molar-refractivity contribution in [2.24, 2.45) is 0 Å². The molecule has 2 aromatic rings. The Labute approximate surface area is 129 Å². The number of hydrogen-bond donors (Lipinski definition) is 1. The summed E-state index contributed by atoms with van der Waals surface area (Å²) in [5, 5.41) is 2.81. The summed E-state index contributed by atoms with van der Waals surface area (Å²) in [4.78, 5) is 16.3. The molecule has 0 saturated carbocycles. The summed E-state index contributed by atoms with van der Waals surface area (Å²) >= 11 is 5.97. The number of amides is 1. The minimum Gasteiger partial charge on any atom is -0.383 e. The number of benzene rings is 1. The number of nitrogens with one attached hydrogen (secondary N) is 1. The first kappa shape index (κ1) is 15.8. The minimum absolute atomic E-state index is 0.00192. The standard InChI is InChI=1S/C15H20ClN3O2/c1-11-4-3-5-12-15(11)18-13(10-16)19(12)8-6-14(20)17-7-9-21-2/h3-5H,6-10H2,1-2H3,(H,17,20). The van der Waals surface area contributed by atoms with Crippen LogP contribution in [0.15, 0.2) is 18.2 Å². The molecule has 6 heteroatoms. The summed E-state index contributed by atoms with van der Waals surface area (Å²) in [5.74, 6) is 1.13. The lowest BCUT2D eigenvalue weighted by atomic mass is 10.2. The van der Waals surface area contributed by atoms with Gasteiger partial charge < -0.3 is 14.6 Å². The molecule has 1 aromatic carbocycles. The lowest BCUT2D eigenvalue weighted by Crippen LogP contribution is -2.27. The SMILES string of the molecule is COCCNC(=O)CCn1c(CCl)nc2c(C)cccc21. The summed E-state index contributed by atoms with van der Waals surface area (Å²) in [5.41, 5.74) is 3.09. The number of halogens is 1. The average molecular weight is 310 g/mol. The normalized spacial score (nSPS) is 11.0. The van der Waals surface area contributed by atoms with Gasteiger partial charge in [-0.1, -0.05) is 12.1 Å². The molecule has 1 heterocycles. The van der Waals surface area contributed by atoms with Gasteiger partial charge in [-0.3, -0.25) is 4.79 Å². The Kier molecular flexibility index (Phi) is 5.59. The van der Waals surface area contributed by atoms with Gasteiger partial charge in [0.2, 0.25) is 5.91 Å². The van der Waals surface area contributed by atoms with Crippen LogP contribution in [0.2, 0.25) is 0 Å². The molecule has 0 bridgehead atoms. The molecule has 114 valence electrons. The second-order valence-electron chi connectivity index (χ2n) is 4.85. The van der Waals surface area contributed by atoms with Gasteiger partial charge in [-0.05, 0) is 18.6 Å². The smallest absolute Gasteiger partial charge is 0.221 e. The molecule has 0 spiro atoms. The third kappa shape index (κ3) is 3.74. The number of carbonyl (C=O) groups is 1. The van der Waals surface area contributed by atoms with Gasteiger partial charge >= 0.3 is 0 Å². The van der Waals surface area contributed by atoms with E-state index in [1.165, 1.54) is 0 Å². The van der Waals surface area contributed by atoms with E-state index in [0.717, 1.165) is 22.4 Å². The Morgan fingerprint density at radius 3 is 3.00 bits per heavy atom. The first-order valence-electron chi connectivity index (χ1n) is 6.93.